The number of halogens is 1. The van der Waals surface area contributed by atoms with E-state index in [9.17, 15) is 10.1 Å². The van der Waals surface area contributed by atoms with Gasteiger partial charge in [0.2, 0.25) is 5.82 Å². The summed E-state index contributed by atoms with van der Waals surface area (Å²) in [5, 5.41) is 26.8. The number of nitrogens with one attached hydrogen (secondary N) is 1. The van der Waals surface area contributed by atoms with E-state index in [1.54, 1.807) is 29.1 Å². The normalized spacial score (nSPS) is 10.9. The number of para-hydroxylation sites is 1. The van der Waals surface area contributed by atoms with Gasteiger partial charge >= 0.3 is 0 Å². The van der Waals surface area contributed by atoms with E-state index < -0.39 is 4.92 Å². The number of rotatable bonds is 5. The van der Waals surface area contributed by atoms with Crippen molar-refractivity contribution in [2.24, 2.45) is 0 Å². The van der Waals surface area contributed by atoms with Gasteiger partial charge in [0.1, 0.15) is 4.64 Å². The summed E-state index contributed by atoms with van der Waals surface area (Å²) in [7, 11) is 0. The average molecular weight is 414 g/mol. The van der Waals surface area contributed by atoms with Gasteiger partial charge in [-0.15, -0.1) is 10.2 Å². The van der Waals surface area contributed by atoms with Crippen molar-refractivity contribution in [1.29, 1.82) is 0 Å². The molecule has 0 amide bonds. The third-order valence-corrected chi connectivity index (χ3v) is 4.75. The second-order valence-corrected chi connectivity index (χ2v) is 6.64. The zero-order chi connectivity index (χ0) is 19.7. The Bertz CT molecular complexity index is 1210. The molecule has 0 atom stereocenters. The molecular weight excluding hydrogens is 402 g/mol. The summed E-state index contributed by atoms with van der Waals surface area (Å²) in [6, 6.07) is 13.5. The van der Waals surface area contributed by atoms with Crippen LogP contribution in [0.25, 0.3) is 17.1 Å². The molecule has 11 heteroatoms. The molecule has 4 aromatic rings. The van der Waals surface area contributed by atoms with Crippen LogP contribution < -0.4 is 0 Å². The molecule has 28 heavy (non-hydrogen) atoms. The Labute approximate surface area is 168 Å². The van der Waals surface area contributed by atoms with E-state index in [0.717, 1.165) is 11.3 Å². The summed E-state index contributed by atoms with van der Waals surface area (Å²) in [5.41, 5.74) is 2.18. The van der Waals surface area contributed by atoms with E-state index in [1.165, 1.54) is 16.9 Å². The first kappa shape index (κ1) is 18.0. The molecule has 140 valence electrons. The van der Waals surface area contributed by atoms with Crippen molar-refractivity contribution in [2.75, 3.05) is 0 Å². The van der Waals surface area contributed by atoms with Crippen molar-refractivity contribution in [3.63, 3.8) is 0 Å². The number of hydrogen-bond acceptors (Lipinski definition) is 6. The van der Waals surface area contributed by atoms with E-state index in [4.69, 9.17) is 23.8 Å². The van der Waals surface area contributed by atoms with Crippen LogP contribution in [0, 0.1) is 14.8 Å². The van der Waals surface area contributed by atoms with Crippen LogP contribution in [0.1, 0.15) is 5.56 Å². The lowest BCUT2D eigenvalue weighted by Crippen LogP contribution is -2.04. The van der Waals surface area contributed by atoms with Crippen LogP contribution in [0.3, 0.4) is 0 Å². The van der Waals surface area contributed by atoms with Crippen LogP contribution in [0.2, 0.25) is 5.02 Å². The predicted molar refractivity (Wildman–Crippen MR) is 105 cm³/mol. The molecule has 0 unspecified atom stereocenters. The molecule has 0 radical (unpaired) electrons. The third kappa shape index (κ3) is 3.42. The molecule has 0 spiro atoms. The molecule has 0 bridgehead atoms. The molecule has 2 heterocycles. The van der Waals surface area contributed by atoms with Crippen LogP contribution in [0.15, 0.2) is 54.7 Å². The maximum Gasteiger partial charge on any atom is 0.269 e. The monoisotopic (exact) mass is 413 g/mol. The minimum absolute atomic E-state index is 0.0307. The number of non-ortho nitro benzene ring substituents is 1. The lowest BCUT2D eigenvalue weighted by molar-refractivity contribution is -0.384. The van der Waals surface area contributed by atoms with Crippen molar-refractivity contribution in [1.82, 2.24) is 30.0 Å². The van der Waals surface area contributed by atoms with Gasteiger partial charge < -0.3 is 0 Å². The number of aromatic amines is 1. The molecule has 0 fully saturated rings. The van der Waals surface area contributed by atoms with E-state index in [1.807, 2.05) is 18.2 Å². The Morgan fingerprint density at radius 1 is 1.18 bits per heavy atom. The van der Waals surface area contributed by atoms with Crippen molar-refractivity contribution >= 4 is 29.5 Å². The number of H-pyrrole nitrogens is 1. The molecule has 0 aliphatic heterocycles. The highest BCUT2D eigenvalue weighted by Crippen LogP contribution is 2.23. The molecule has 0 aliphatic rings. The number of nitro benzene ring substituents is 1. The minimum Gasteiger partial charge on any atom is -0.299 e. The number of nitro groups is 1. The fourth-order valence-electron chi connectivity index (χ4n) is 2.65. The highest BCUT2D eigenvalue weighted by atomic mass is 35.5. The van der Waals surface area contributed by atoms with Crippen LogP contribution >= 0.6 is 23.8 Å². The predicted octanol–water partition coefficient (Wildman–Crippen LogP) is 3.80. The Balaban J connectivity index is 1.59. The molecule has 9 nitrogen and oxygen atoms in total. The summed E-state index contributed by atoms with van der Waals surface area (Å²) >= 11 is 11.8. The average Bonchev–Trinajstić information content (AvgIpc) is 3.29. The lowest BCUT2D eigenvalue weighted by atomic mass is 10.2. The summed E-state index contributed by atoms with van der Waals surface area (Å²) < 4.78 is 2.15. The maximum atomic E-state index is 10.7. The quantitative estimate of drug-likeness (QED) is 0.303. The van der Waals surface area contributed by atoms with Gasteiger partial charge in [-0.3, -0.25) is 15.2 Å². The Hall–Kier alpha value is -3.37. The van der Waals surface area contributed by atoms with Gasteiger partial charge in [0.25, 0.3) is 5.69 Å². The van der Waals surface area contributed by atoms with E-state index in [2.05, 4.69) is 20.5 Å². The zero-order valence-corrected chi connectivity index (χ0v) is 15.8. The van der Waals surface area contributed by atoms with Gasteiger partial charge in [-0.05, 0) is 22.9 Å². The van der Waals surface area contributed by atoms with E-state index >= 15 is 0 Å². The molecule has 0 saturated heterocycles. The van der Waals surface area contributed by atoms with Crippen molar-refractivity contribution in [2.45, 2.75) is 6.54 Å². The Morgan fingerprint density at radius 2 is 1.93 bits per heavy atom. The zero-order valence-electron chi connectivity index (χ0n) is 14.2. The maximum absolute atomic E-state index is 10.7. The van der Waals surface area contributed by atoms with Gasteiger partial charge in [0, 0.05) is 18.3 Å². The van der Waals surface area contributed by atoms with Crippen LogP contribution in [-0.2, 0) is 6.54 Å². The van der Waals surface area contributed by atoms with Gasteiger partial charge in [0.15, 0.2) is 0 Å². The fourth-order valence-corrected chi connectivity index (χ4v) is 3.17. The van der Waals surface area contributed by atoms with Crippen molar-refractivity contribution < 1.29 is 4.92 Å². The smallest absolute Gasteiger partial charge is 0.269 e. The van der Waals surface area contributed by atoms with Crippen molar-refractivity contribution in [3.05, 3.63) is 80.1 Å². The SMILES string of the molecule is O=[N+]([O-])c1ccc(Cn2nnc(-c3c[nH]n(-c4ccccc4Cl)c3=S)n2)cc1. The summed E-state index contributed by atoms with van der Waals surface area (Å²) in [4.78, 5) is 11.7. The van der Waals surface area contributed by atoms with Gasteiger partial charge in [0.05, 0.1) is 27.7 Å². The Morgan fingerprint density at radius 3 is 2.64 bits per heavy atom. The summed E-state index contributed by atoms with van der Waals surface area (Å²) in [6.07, 6.45) is 1.69. The van der Waals surface area contributed by atoms with Crippen LogP contribution in [-0.4, -0.2) is 34.9 Å². The second kappa shape index (κ2) is 7.33. The van der Waals surface area contributed by atoms with Crippen LogP contribution in [0.5, 0.6) is 0 Å². The number of tetrazole rings is 1. The molecular formula is C17H12ClN7O2S. The van der Waals surface area contributed by atoms with E-state index in [-0.39, 0.29) is 5.69 Å². The van der Waals surface area contributed by atoms with E-state index in [0.29, 0.717) is 27.6 Å². The van der Waals surface area contributed by atoms with Crippen molar-refractivity contribution in [3.8, 4) is 17.1 Å². The first-order chi connectivity index (χ1) is 13.5. The number of nitrogens with zero attached hydrogens (tertiary/aromatic N) is 6. The topological polar surface area (TPSA) is 107 Å². The molecule has 0 aliphatic carbocycles. The molecule has 2 aromatic heterocycles. The summed E-state index contributed by atoms with van der Waals surface area (Å²) in [6.45, 7) is 0.326. The molecule has 4 rings (SSSR count). The van der Waals surface area contributed by atoms with Gasteiger partial charge in [-0.2, -0.15) is 4.80 Å². The highest BCUT2D eigenvalue weighted by molar-refractivity contribution is 7.71. The number of benzene rings is 2. The van der Waals surface area contributed by atoms with Gasteiger partial charge in [-0.25, -0.2) is 4.68 Å². The largest absolute Gasteiger partial charge is 0.299 e. The molecule has 0 saturated carbocycles. The standard InChI is InChI=1S/C17H12ClN7O2S/c18-14-3-1-2-4-15(14)24-17(28)13(9-19-24)16-20-22-23(21-16)10-11-5-7-12(8-6-11)25(26)27/h1-9,19H,10H2. The Kier molecular flexibility index (Phi) is 4.72. The second-order valence-electron chi connectivity index (χ2n) is 5.85. The van der Waals surface area contributed by atoms with Gasteiger partial charge in [-0.1, -0.05) is 48.1 Å². The first-order valence-electron chi connectivity index (χ1n) is 8.10. The van der Waals surface area contributed by atoms with Crippen LogP contribution in [0.4, 0.5) is 5.69 Å². The number of aromatic nitrogens is 6. The number of hydrogen-bond donors (Lipinski definition) is 1. The molecule has 2 aromatic carbocycles. The lowest BCUT2D eigenvalue weighted by Gasteiger charge is -2.04. The highest BCUT2D eigenvalue weighted by Gasteiger charge is 2.14. The molecule has 1 N–H and O–H groups in total. The first-order valence-corrected chi connectivity index (χ1v) is 8.88. The fraction of sp³-hybridized carbons (Fsp3) is 0.0588. The third-order valence-electron chi connectivity index (χ3n) is 4.03. The minimum atomic E-state index is -0.444. The summed E-state index contributed by atoms with van der Waals surface area (Å²) in [5.74, 6) is 0.369.